The highest BCUT2D eigenvalue weighted by Crippen LogP contribution is 2.17. The van der Waals surface area contributed by atoms with Gasteiger partial charge in [-0.25, -0.2) is 9.67 Å². The third kappa shape index (κ3) is 3.03. The number of hydrogen-bond donors (Lipinski definition) is 1. The van der Waals surface area contributed by atoms with Crippen LogP contribution < -0.4 is 5.32 Å². The Morgan fingerprint density at radius 1 is 1.32 bits per heavy atom. The average Bonchev–Trinajstić information content (AvgIpc) is 3.11. The van der Waals surface area contributed by atoms with Gasteiger partial charge in [0.15, 0.2) is 0 Å². The quantitative estimate of drug-likeness (QED) is 0.911. The zero-order valence-corrected chi connectivity index (χ0v) is 12.1. The van der Waals surface area contributed by atoms with Crippen LogP contribution in [0.5, 0.6) is 0 Å². The first-order valence-electron chi connectivity index (χ1n) is 6.83. The van der Waals surface area contributed by atoms with Crippen molar-refractivity contribution in [3.05, 3.63) is 54.3 Å². The van der Waals surface area contributed by atoms with Crippen LogP contribution in [-0.4, -0.2) is 38.0 Å². The van der Waals surface area contributed by atoms with E-state index in [4.69, 9.17) is 0 Å². The monoisotopic (exact) mass is 297 g/mol. The molecule has 112 valence electrons. The van der Waals surface area contributed by atoms with E-state index < -0.39 is 0 Å². The molecule has 0 fully saturated rings. The molecule has 1 aliphatic rings. The molecule has 1 aliphatic heterocycles. The lowest BCUT2D eigenvalue weighted by Crippen LogP contribution is -2.31. The Morgan fingerprint density at radius 2 is 2.09 bits per heavy atom. The van der Waals surface area contributed by atoms with E-state index >= 15 is 0 Å². The molecule has 0 radical (unpaired) electrons. The molecule has 0 saturated heterocycles. The summed E-state index contributed by atoms with van der Waals surface area (Å²) in [5.41, 5.74) is 2.67. The third-order valence-electron chi connectivity index (χ3n) is 3.34. The molecule has 2 amide bonds. The summed E-state index contributed by atoms with van der Waals surface area (Å²) in [6, 6.07) is 7.80. The van der Waals surface area contributed by atoms with E-state index in [0.29, 0.717) is 12.2 Å². The van der Waals surface area contributed by atoms with E-state index in [2.05, 4.69) is 15.4 Å². The van der Waals surface area contributed by atoms with Crippen molar-refractivity contribution in [1.29, 1.82) is 0 Å². The van der Waals surface area contributed by atoms with Crippen molar-refractivity contribution >= 4 is 17.5 Å². The van der Waals surface area contributed by atoms with Gasteiger partial charge in [-0.3, -0.25) is 14.5 Å². The third-order valence-corrected chi connectivity index (χ3v) is 3.34. The van der Waals surface area contributed by atoms with Crippen LogP contribution in [0.15, 0.2) is 48.7 Å². The molecule has 2 aromatic rings. The molecule has 0 spiro atoms. The van der Waals surface area contributed by atoms with Crippen LogP contribution in [0.2, 0.25) is 0 Å². The Kier molecular flexibility index (Phi) is 3.69. The number of anilines is 1. The highest BCUT2D eigenvalue weighted by Gasteiger charge is 2.24. The van der Waals surface area contributed by atoms with Gasteiger partial charge in [0.2, 0.25) is 5.91 Å². The van der Waals surface area contributed by atoms with E-state index in [1.807, 2.05) is 24.3 Å². The molecule has 2 heterocycles. The zero-order valence-electron chi connectivity index (χ0n) is 12.1. The van der Waals surface area contributed by atoms with Crippen LogP contribution in [-0.2, 0) is 16.1 Å². The molecular weight excluding hydrogens is 282 g/mol. The number of nitrogens with zero attached hydrogens (tertiary/aromatic N) is 4. The number of imide groups is 1. The summed E-state index contributed by atoms with van der Waals surface area (Å²) in [5.74, 6) is -0.529. The van der Waals surface area contributed by atoms with Gasteiger partial charge in [-0.2, -0.15) is 5.10 Å². The lowest BCUT2D eigenvalue weighted by Gasteiger charge is -2.12. The second kappa shape index (κ2) is 5.80. The van der Waals surface area contributed by atoms with Crippen LogP contribution in [0, 0.1) is 0 Å². The molecule has 1 aromatic heterocycles. The molecule has 0 saturated carbocycles. The van der Waals surface area contributed by atoms with E-state index in [9.17, 15) is 9.59 Å². The lowest BCUT2D eigenvalue weighted by molar-refractivity contribution is -0.138. The molecule has 3 rings (SSSR count). The van der Waals surface area contributed by atoms with E-state index in [1.165, 1.54) is 24.2 Å². The maximum absolute atomic E-state index is 11.6. The number of nitrogens with one attached hydrogen (secondary N) is 1. The molecule has 7 nitrogen and oxygen atoms in total. The smallest absolute Gasteiger partial charge is 0.255 e. The molecular formula is C15H15N5O2. The molecule has 0 unspecified atom stereocenters. The summed E-state index contributed by atoms with van der Waals surface area (Å²) in [4.78, 5) is 28.0. The minimum absolute atomic E-state index is 0.249. The van der Waals surface area contributed by atoms with Crippen molar-refractivity contribution < 1.29 is 9.59 Å². The normalized spacial score (nSPS) is 14.1. The van der Waals surface area contributed by atoms with Gasteiger partial charge in [0, 0.05) is 24.4 Å². The van der Waals surface area contributed by atoms with Crippen LogP contribution in [0.4, 0.5) is 5.69 Å². The van der Waals surface area contributed by atoms with Gasteiger partial charge in [0.1, 0.15) is 12.7 Å². The SMILES string of the molecule is CC(=O)N1CC(Nc2ccc(Cn3cncn3)cc2)=CC1=O. The number of carbonyl (C=O) groups excluding carboxylic acids is 2. The first kappa shape index (κ1) is 14.0. The van der Waals surface area contributed by atoms with Crippen molar-refractivity contribution in [3.63, 3.8) is 0 Å². The predicted octanol–water partition coefficient (Wildman–Crippen LogP) is 1.01. The molecule has 7 heteroatoms. The van der Waals surface area contributed by atoms with Crippen molar-refractivity contribution in [2.75, 3.05) is 11.9 Å². The van der Waals surface area contributed by atoms with Gasteiger partial charge in [-0.1, -0.05) is 12.1 Å². The van der Waals surface area contributed by atoms with Gasteiger partial charge in [0.05, 0.1) is 13.1 Å². The molecule has 22 heavy (non-hydrogen) atoms. The lowest BCUT2D eigenvalue weighted by atomic mass is 10.2. The van der Waals surface area contributed by atoms with E-state index in [1.54, 1.807) is 11.0 Å². The number of aromatic nitrogens is 3. The van der Waals surface area contributed by atoms with Gasteiger partial charge in [-0.15, -0.1) is 0 Å². The molecule has 1 aromatic carbocycles. The summed E-state index contributed by atoms with van der Waals surface area (Å²) in [5, 5.41) is 7.21. The van der Waals surface area contributed by atoms with Crippen molar-refractivity contribution in [2.45, 2.75) is 13.5 Å². The largest absolute Gasteiger partial charge is 0.357 e. The van der Waals surface area contributed by atoms with E-state index in [-0.39, 0.29) is 18.4 Å². The number of rotatable bonds is 4. The fourth-order valence-corrected chi connectivity index (χ4v) is 2.24. The standard InChI is InChI=1S/C15H15N5O2/c1-11(21)20-8-14(6-15(20)22)18-13-4-2-12(3-5-13)7-19-10-16-9-17-19/h2-6,9-10,18H,7-8H2,1H3. The highest BCUT2D eigenvalue weighted by molar-refractivity contribution is 6.03. The summed E-state index contributed by atoms with van der Waals surface area (Å²) in [6.45, 7) is 2.32. The zero-order chi connectivity index (χ0) is 15.5. The first-order valence-corrected chi connectivity index (χ1v) is 6.83. The van der Waals surface area contributed by atoms with Gasteiger partial charge in [0.25, 0.3) is 5.91 Å². The molecule has 0 aliphatic carbocycles. The fourth-order valence-electron chi connectivity index (χ4n) is 2.24. The Labute approximate surface area is 127 Å². The van der Waals surface area contributed by atoms with Crippen molar-refractivity contribution in [3.8, 4) is 0 Å². The van der Waals surface area contributed by atoms with Crippen LogP contribution >= 0.6 is 0 Å². The van der Waals surface area contributed by atoms with Crippen molar-refractivity contribution in [2.24, 2.45) is 0 Å². The second-order valence-corrected chi connectivity index (χ2v) is 5.03. The van der Waals surface area contributed by atoms with Gasteiger partial charge in [-0.05, 0) is 17.7 Å². The Balaban J connectivity index is 1.63. The topological polar surface area (TPSA) is 80.1 Å². The van der Waals surface area contributed by atoms with Crippen molar-refractivity contribution in [1.82, 2.24) is 19.7 Å². The maximum atomic E-state index is 11.6. The minimum atomic E-state index is -0.280. The average molecular weight is 297 g/mol. The molecule has 1 N–H and O–H groups in total. The molecule has 0 atom stereocenters. The Morgan fingerprint density at radius 3 is 2.68 bits per heavy atom. The van der Waals surface area contributed by atoms with Crippen LogP contribution in [0.25, 0.3) is 0 Å². The number of amides is 2. The van der Waals surface area contributed by atoms with E-state index in [0.717, 1.165) is 11.3 Å². The van der Waals surface area contributed by atoms with Gasteiger partial charge >= 0.3 is 0 Å². The summed E-state index contributed by atoms with van der Waals surface area (Å²) < 4.78 is 1.74. The number of carbonyl (C=O) groups is 2. The predicted molar refractivity (Wildman–Crippen MR) is 79.7 cm³/mol. The van der Waals surface area contributed by atoms with Gasteiger partial charge < -0.3 is 5.32 Å². The highest BCUT2D eigenvalue weighted by atomic mass is 16.2. The fraction of sp³-hybridized carbons (Fsp3) is 0.200. The summed E-state index contributed by atoms with van der Waals surface area (Å²) >= 11 is 0. The maximum Gasteiger partial charge on any atom is 0.255 e. The molecule has 0 bridgehead atoms. The Bertz CT molecular complexity index is 719. The summed E-state index contributed by atoms with van der Waals surface area (Å²) in [7, 11) is 0. The number of hydrogen-bond acceptors (Lipinski definition) is 5. The Hall–Kier alpha value is -2.96. The second-order valence-electron chi connectivity index (χ2n) is 5.03. The number of benzene rings is 1. The minimum Gasteiger partial charge on any atom is -0.357 e. The summed E-state index contributed by atoms with van der Waals surface area (Å²) in [6.07, 6.45) is 4.61. The first-order chi connectivity index (χ1) is 10.6. The van der Waals surface area contributed by atoms with Crippen LogP contribution in [0.1, 0.15) is 12.5 Å². The van der Waals surface area contributed by atoms with Crippen LogP contribution in [0.3, 0.4) is 0 Å².